The second-order valence-electron chi connectivity index (χ2n) is 11.3. The molecule has 3 aliphatic rings. The van der Waals surface area contributed by atoms with E-state index in [0.29, 0.717) is 6.42 Å². The Balaban J connectivity index is 1.84. The smallest absolute Gasteiger partial charge is 0.232 e. The third-order valence-electron chi connectivity index (χ3n) is 9.39. The zero-order chi connectivity index (χ0) is 28.3. The Hall–Kier alpha value is -3.60. The molecule has 0 saturated carbocycles. The van der Waals surface area contributed by atoms with Gasteiger partial charge in [0, 0.05) is 27.6 Å². The van der Waals surface area contributed by atoms with Gasteiger partial charge < -0.3 is 14.9 Å². The van der Waals surface area contributed by atoms with Crippen LogP contribution in [-0.4, -0.2) is 20.9 Å². The van der Waals surface area contributed by atoms with Gasteiger partial charge in [0.05, 0.1) is 29.5 Å². The van der Waals surface area contributed by atoms with Crippen LogP contribution in [0.4, 0.5) is 5.69 Å². The van der Waals surface area contributed by atoms with E-state index in [0.717, 1.165) is 72.2 Å². The molecule has 0 radical (unpaired) electrons. The highest BCUT2D eigenvalue weighted by Crippen LogP contribution is 2.46. The summed E-state index contributed by atoms with van der Waals surface area (Å²) in [5.74, 6) is 0.173. The van der Waals surface area contributed by atoms with E-state index in [1.165, 1.54) is 50.0 Å². The summed E-state index contributed by atoms with van der Waals surface area (Å²) in [7, 11) is 0. The Morgan fingerprint density at radius 3 is 1.77 bits per heavy atom. The number of hydrogen-bond acceptors (Lipinski definition) is 2. The minimum absolute atomic E-state index is 0.00209. The largest absolute Gasteiger partial charge is 0.355 e. The molecule has 5 heteroatoms. The van der Waals surface area contributed by atoms with Gasteiger partial charge in [-0.15, -0.1) is 0 Å². The van der Waals surface area contributed by atoms with Gasteiger partial charge in [0.15, 0.2) is 0 Å². The number of aryl methyl sites for hydroxylation is 4. The summed E-state index contributed by atoms with van der Waals surface area (Å²) in [5, 5.41) is 0. The zero-order valence-electron chi connectivity index (χ0n) is 25.1. The monoisotopic (exact) mass is 534 g/mol. The van der Waals surface area contributed by atoms with Gasteiger partial charge in [-0.25, -0.2) is 4.98 Å². The lowest BCUT2D eigenvalue weighted by Gasteiger charge is -2.18. The fourth-order valence-corrected chi connectivity index (χ4v) is 7.48. The predicted molar refractivity (Wildman–Crippen MR) is 168 cm³/mol. The molecule has 0 saturated heterocycles. The quantitative estimate of drug-likeness (QED) is 0.333. The van der Waals surface area contributed by atoms with Crippen molar-refractivity contribution in [3.63, 3.8) is 0 Å². The number of aromatic nitrogens is 3. The topological polar surface area (TPSA) is 64.8 Å². The molecule has 8 bridgehead atoms. The highest BCUT2D eigenvalue weighted by atomic mass is 16.2. The molecule has 6 heterocycles. The standard InChI is InChI=1S/C35H42N4O/c1-8-21-22(9-2)29-17-30-23(10-3)24(11-4)31(37-30)18-32-25(12-5)26(13-6)35(38-32)27-16-34(40)39-19(7)20(15-33(27)39)14-28(21)36-29/h14-15,17-19,36-37H,8-13,16H2,1-7H3. The van der Waals surface area contributed by atoms with Crippen LogP contribution in [0.25, 0.3) is 33.2 Å². The Morgan fingerprint density at radius 1 is 0.725 bits per heavy atom. The normalized spacial score (nSPS) is 16.5. The van der Waals surface area contributed by atoms with Gasteiger partial charge in [-0.2, -0.15) is 0 Å². The SMILES string of the molecule is CCC1=C(CC)c2nc1cc1[nH]c(cc3[nH]c(cc4cc5c2CC(=O)N5C4C)c(CC)c3CC)c(CC)c1CC. The Kier molecular flexibility index (Phi) is 6.72. The van der Waals surface area contributed by atoms with Gasteiger partial charge in [0.1, 0.15) is 0 Å². The fourth-order valence-electron chi connectivity index (χ4n) is 7.48. The number of rotatable bonds is 6. The van der Waals surface area contributed by atoms with Crippen LogP contribution in [0.3, 0.4) is 0 Å². The second-order valence-corrected chi connectivity index (χ2v) is 11.3. The van der Waals surface area contributed by atoms with Gasteiger partial charge in [0.25, 0.3) is 0 Å². The average Bonchev–Trinajstić information content (AvgIpc) is 3.72. The predicted octanol–water partition coefficient (Wildman–Crippen LogP) is 8.55. The van der Waals surface area contributed by atoms with Crippen LogP contribution < -0.4 is 4.90 Å². The van der Waals surface area contributed by atoms with Crippen LogP contribution in [0.2, 0.25) is 0 Å². The summed E-state index contributed by atoms with van der Waals surface area (Å²) in [4.78, 5) is 28.4. The summed E-state index contributed by atoms with van der Waals surface area (Å²) in [5.41, 5.74) is 18.1. The molecule has 0 fully saturated rings. The summed E-state index contributed by atoms with van der Waals surface area (Å²) < 4.78 is 0. The van der Waals surface area contributed by atoms with Crippen molar-refractivity contribution in [1.82, 2.24) is 15.0 Å². The number of fused-ring (bicyclic) bond motifs is 8. The van der Waals surface area contributed by atoms with Crippen molar-refractivity contribution < 1.29 is 4.79 Å². The molecule has 1 atom stereocenters. The van der Waals surface area contributed by atoms with E-state index >= 15 is 0 Å². The maximum absolute atomic E-state index is 13.4. The molecule has 208 valence electrons. The molecule has 0 aliphatic carbocycles. The molecule has 3 aromatic rings. The number of carbonyl (C=O) groups excluding carboxylic acids is 1. The summed E-state index contributed by atoms with van der Waals surface area (Å²) >= 11 is 0. The van der Waals surface area contributed by atoms with Gasteiger partial charge in [-0.3, -0.25) is 4.79 Å². The lowest BCUT2D eigenvalue weighted by Crippen LogP contribution is -2.26. The first-order valence-electron chi connectivity index (χ1n) is 15.4. The van der Waals surface area contributed by atoms with Crippen molar-refractivity contribution >= 4 is 44.8 Å². The molecule has 3 aromatic heterocycles. The minimum Gasteiger partial charge on any atom is -0.355 e. The molecule has 1 amide bonds. The Morgan fingerprint density at radius 2 is 1.25 bits per heavy atom. The Bertz CT molecular complexity index is 1730. The van der Waals surface area contributed by atoms with E-state index in [1.807, 2.05) is 4.90 Å². The van der Waals surface area contributed by atoms with Gasteiger partial charge in [-0.1, -0.05) is 41.5 Å². The second kappa shape index (κ2) is 10.1. The maximum Gasteiger partial charge on any atom is 0.232 e. The van der Waals surface area contributed by atoms with Gasteiger partial charge in [-0.05, 0) is 109 Å². The highest BCUT2D eigenvalue weighted by molar-refractivity contribution is 6.06. The van der Waals surface area contributed by atoms with Gasteiger partial charge >= 0.3 is 0 Å². The van der Waals surface area contributed by atoms with E-state index in [4.69, 9.17) is 4.98 Å². The lowest BCUT2D eigenvalue weighted by atomic mass is 9.97. The van der Waals surface area contributed by atoms with Crippen molar-refractivity contribution in [3.05, 3.63) is 69.0 Å². The number of anilines is 1. The van der Waals surface area contributed by atoms with Crippen molar-refractivity contribution in [1.29, 1.82) is 0 Å². The molecular formula is C35H42N4O. The van der Waals surface area contributed by atoms with Crippen LogP contribution in [0.5, 0.6) is 0 Å². The van der Waals surface area contributed by atoms with Gasteiger partial charge in [0.2, 0.25) is 5.91 Å². The zero-order valence-corrected chi connectivity index (χ0v) is 25.1. The fraction of sp³-hybridized carbons (Fsp3) is 0.429. The van der Waals surface area contributed by atoms with Crippen LogP contribution in [0, 0.1) is 0 Å². The number of amides is 1. The molecule has 0 aromatic carbocycles. The van der Waals surface area contributed by atoms with E-state index in [2.05, 4.69) is 82.7 Å². The molecule has 40 heavy (non-hydrogen) atoms. The van der Waals surface area contributed by atoms with E-state index in [1.54, 1.807) is 0 Å². The first-order chi connectivity index (χ1) is 19.4. The summed E-state index contributed by atoms with van der Waals surface area (Å²) in [6, 6.07) is 9.13. The molecule has 6 rings (SSSR count). The van der Waals surface area contributed by atoms with Crippen LogP contribution in [0.15, 0.2) is 24.3 Å². The first-order valence-corrected chi connectivity index (χ1v) is 15.4. The number of allylic oxidation sites excluding steroid dienone is 2. The molecule has 0 spiro atoms. The van der Waals surface area contributed by atoms with Crippen LogP contribution in [-0.2, 0) is 36.9 Å². The lowest BCUT2D eigenvalue weighted by molar-refractivity contribution is -0.117. The molecular weight excluding hydrogens is 492 g/mol. The van der Waals surface area contributed by atoms with E-state index < -0.39 is 0 Å². The van der Waals surface area contributed by atoms with E-state index in [-0.39, 0.29) is 11.9 Å². The van der Waals surface area contributed by atoms with Crippen molar-refractivity contribution in [2.24, 2.45) is 0 Å². The van der Waals surface area contributed by atoms with Crippen LogP contribution in [0.1, 0.15) is 112 Å². The average molecular weight is 535 g/mol. The number of aromatic amines is 2. The van der Waals surface area contributed by atoms with Crippen LogP contribution >= 0.6 is 0 Å². The molecule has 2 N–H and O–H groups in total. The van der Waals surface area contributed by atoms with Crippen molar-refractivity contribution in [2.45, 2.75) is 99.5 Å². The number of hydrogen-bond donors (Lipinski definition) is 2. The number of nitrogens with zero attached hydrogens (tertiary/aromatic N) is 2. The highest BCUT2D eigenvalue weighted by Gasteiger charge is 2.38. The maximum atomic E-state index is 13.4. The molecule has 3 aliphatic heterocycles. The van der Waals surface area contributed by atoms with Crippen molar-refractivity contribution in [3.8, 4) is 0 Å². The van der Waals surface area contributed by atoms with E-state index in [9.17, 15) is 4.79 Å². The summed E-state index contributed by atoms with van der Waals surface area (Å²) in [6.07, 6.45) is 6.10. The minimum atomic E-state index is 0.00209. The Labute approximate surface area is 237 Å². The number of nitrogens with one attached hydrogen (secondary N) is 2. The molecule has 1 unspecified atom stereocenters. The molecule has 5 nitrogen and oxygen atoms in total. The number of carbonyl (C=O) groups is 1. The summed E-state index contributed by atoms with van der Waals surface area (Å²) in [6.45, 7) is 15.6. The third kappa shape index (κ3) is 3.81. The first kappa shape index (κ1) is 26.6. The number of H-pyrrole nitrogens is 2. The van der Waals surface area contributed by atoms with Crippen molar-refractivity contribution in [2.75, 3.05) is 4.90 Å². The third-order valence-corrected chi connectivity index (χ3v) is 9.39.